The van der Waals surface area contributed by atoms with Crippen molar-refractivity contribution >= 4 is 6.16 Å². The molecule has 2 aromatic carbocycles. The Morgan fingerprint density at radius 1 is 0.967 bits per heavy atom. The number of phenols is 3. The van der Waals surface area contributed by atoms with Crippen molar-refractivity contribution in [1.82, 2.24) is 0 Å². The van der Waals surface area contributed by atoms with Crippen molar-refractivity contribution < 1.29 is 29.6 Å². The number of ether oxygens (including phenoxy) is 2. The molecule has 30 heavy (non-hydrogen) atoms. The van der Waals surface area contributed by atoms with Crippen molar-refractivity contribution in [3.8, 4) is 23.0 Å². The molecule has 0 aromatic heterocycles. The summed E-state index contributed by atoms with van der Waals surface area (Å²) in [6.07, 6.45) is 0.691. The van der Waals surface area contributed by atoms with Crippen molar-refractivity contribution in [2.24, 2.45) is 0 Å². The van der Waals surface area contributed by atoms with E-state index in [1.54, 1.807) is 45.0 Å². The molecule has 6 heteroatoms. The van der Waals surface area contributed by atoms with Gasteiger partial charge in [0.15, 0.2) is 23.0 Å². The van der Waals surface area contributed by atoms with Gasteiger partial charge in [-0.05, 0) is 80.3 Å². The van der Waals surface area contributed by atoms with E-state index in [2.05, 4.69) is 20.8 Å². The molecule has 0 aliphatic carbocycles. The molecule has 2 rings (SSSR count). The van der Waals surface area contributed by atoms with Gasteiger partial charge >= 0.3 is 6.16 Å². The minimum atomic E-state index is -0.871. The third kappa shape index (κ3) is 5.81. The van der Waals surface area contributed by atoms with Gasteiger partial charge in [-0.2, -0.15) is 0 Å². The van der Waals surface area contributed by atoms with Gasteiger partial charge in [-0.1, -0.05) is 32.9 Å². The average molecular weight is 417 g/mol. The molecule has 6 nitrogen and oxygen atoms in total. The monoisotopic (exact) mass is 416 g/mol. The molecule has 3 N–H and O–H groups in total. The third-order valence-electron chi connectivity index (χ3n) is 5.34. The first-order valence-corrected chi connectivity index (χ1v) is 10.1. The molecule has 0 spiro atoms. The predicted octanol–water partition coefficient (Wildman–Crippen LogP) is 5.98. The van der Waals surface area contributed by atoms with E-state index in [0.717, 1.165) is 24.0 Å². The van der Waals surface area contributed by atoms with Gasteiger partial charge in [-0.15, -0.1) is 0 Å². The number of benzene rings is 2. The fourth-order valence-corrected chi connectivity index (χ4v) is 3.45. The molecular weight excluding hydrogens is 384 g/mol. The Morgan fingerprint density at radius 3 is 2.17 bits per heavy atom. The third-order valence-corrected chi connectivity index (χ3v) is 5.34. The second-order valence-corrected chi connectivity index (χ2v) is 9.02. The zero-order valence-corrected chi connectivity index (χ0v) is 18.5. The summed E-state index contributed by atoms with van der Waals surface area (Å²) in [5.74, 6) is -0.272. The molecule has 0 saturated heterocycles. The zero-order chi connectivity index (χ0) is 22.7. The predicted molar refractivity (Wildman–Crippen MR) is 115 cm³/mol. The van der Waals surface area contributed by atoms with Crippen LogP contribution in [0.2, 0.25) is 0 Å². The number of carbonyl (C=O) groups is 1. The Morgan fingerprint density at radius 2 is 1.63 bits per heavy atom. The van der Waals surface area contributed by atoms with E-state index < -0.39 is 11.8 Å². The number of hydrogen-bond acceptors (Lipinski definition) is 6. The fourth-order valence-electron chi connectivity index (χ4n) is 3.45. The van der Waals surface area contributed by atoms with Crippen LogP contribution >= 0.6 is 0 Å². The first kappa shape index (κ1) is 23.4. The van der Waals surface area contributed by atoms with Gasteiger partial charge in [-0.3, -0.25) is 0 Å². The molecule has 0 saturated carbocycles. The van der Waals surface area contributed by atoms with Gasteiger partial charge in [0.05, 0.1) is 0 Å². The first-order valence-electron chi connectivity index (χ1n) is 10.1. The number of aromatic hydroxyl groups is 3. The van der Waals surface area contributed by atoms with Crippen LogP contribution in [0.25, 0.3) is 0 Å². The summed E-state index contributed by atoms with van der Waals surface area (Å²) in [5.41, 5.74) is 0.870. The minimum Gasteiger partial charge on any atom is -0.504 e. The van der Waals surface area contributed by atoms with Crippen LogP contribution in [-0.4, -0.2) is 27.1 Å². The summed E-state index contributed by atoms with van der Waals surface area (Å²) >= 11 is 0. The zero-order valence-electron chi connectivity index (χ0n) is 18.5. The molecule has 0 aliphatic heterocycles. The van der Waals surface area contributed by atoms with Gasteiger partial charge in [0.25, 0.3) is 0 Å². The van der Waals surface area contributed by atoms with E-state index in [1.165, 1.54) is 6.07 Å². The number of hydrogen-bond donors (Lipinski definition) is 3. The highest BCUT2D eigenvalue weighted by molar-refractivity contribution is 5.66. The highest BCUT2D eigenvalue weighted by Crippen LogP contribution is 2.41. The van der Waals surface area contributed by atoms with Crippen LogP contribution in [0.1, 0.15) is 71.4 Å². The van der Waals surface area contributed by atoms with E-state index in [-0.39, 0.29) is 34.3 Å². The Balaban J connectivity index is 2.21. The van der Waals surface area contributed by atoms with E-state index in [4.69, 9.17) is 9.47 Å². The Hall–Kier alpha value is -2.89. The molecule has 2 aromatic rings. The minimum absolute atomic E-state index is 0.0444. The van der Waals surface area contributed by atoms with Crippen LogP contribution in [0.15, 0.2) is 36.4 Å². The molecule has 0 fully saturated rings. The lowest BCUT2D eigenvalue weighted by atomic mass is 9.72. The number of carbonyl (C=O) groups excluding carboxylic acids is 1. The van der Waals surface area contributed by atoms with Crippen molar-refractivity contribution in [3.05, 3.63) is 47.5 Å². The molecule has 0 heterocycles. The fraction of sp³-hybridized carbons (Fsp3) is 0.458. The van der Waals surface area contributed by atoms with Gasteiger partial charge in [0, 0.05) is 0 Å². The smallest absolute Gasteiger partial charge is 0.504 e. The molecular formula is C24H32O6. The normalized spacial score (nSPS) is 14.6. The lowest BCUT2D eigenvalue weighted by molar-refractivity contribution is 0.0200. The van der Waals surface area contributed by atoms with Crippen LogP contribution < -0.4 is 4.74 Å². The lowest BCUT2D eigenvalue weighted by Crippen LogP contribution is -2.26. The van der Waals surface area contributed by atoms with Gasteiger partial charge in [0.2, 0.25) is 0 Å². The molecule has 2 atom stereocenters. The van der Waals surface area contributed by atoms with Crippen molar-refractivity contribution in [2.75, 3.05) is 0 Å². The van der Waals surface area contributed by atoms with Crippen LogP contribution in [0.3, 0.4) is 0 Å². The van der Waals surface area contributed by atoms with Crippen molar-refractivity contribution in [2.45, 2.75) is 71.3 Å². The lowest BCUT2D eigenvalue weighted by Gasteiger charge is -2.32. The molecule has 0 amide bonds. The average Bonchev–Trinajstić information content (AvgIpc) is 2.63. The highest BCUT2D eigenvalue weighted by Gasteiger charge is 2.29. The van der Waals surface area contributed by atoms with Crippen LogP contribution in [0.4, 0.5) is 4.79 Å². The maximum Gasteiger partial charge on any atom is 0.514 e. The number of rotatable bonds is 6. The van der Waals surface area contributed by atoms with E-state index in [1.807, 2.05) is 6.07 Å². The Kier molecular flexibility index (Phi) is 6.91. The van der Waals surface area contributed by atoms with Crippen molar-refractivity contribution in [1.29, 1.82) is 0 Å². The van der Waals surface area contributed by atoms with Crippen LogP contribution in [-0.2, 0) is 10.2 Å². The van der Waals surface area contributed by atoms with Gasteiger partial charge in [0.1, 0.15) is 5.60 Å². The molecule has 2 unspecified atom stereocenters. The summed E-state index contributed by atoms with van der Waals surface area (Å²) in [4.78, 5) is 11.9. The summed E-state index contributed by atoms with van der Waals surface area (Å²) in [5, 5.41) is 29.8. The SMILES string of the molecule is CCC(C)(CC(C)c1ccc(O)c(O)c1)c1ccc(OC(=O)OC(C)(C)C)c(O)c1. The second-order valence-electron chi connectivity index (χ2n) is 9.02. The van der Waals surface area contributed by atoms with Gasteiger partial charge < -0.3 is 24.8 Å². The first-order chi connectivity index (χ1) is 13.8. The summed E-state index contributed by atoms with van der Waals surface area (Å²) in [6.45, 7) is 11.4. The Bertz CT molecular complexity index is 899. The highest BCUT2D eigenvalue weighted by atomic mass is 16.7. The largest absolute Gasteiger partial charge is 0.514 e. The van der Waals surface area contributed by atoms with Crippen LogP contribution in [0.5, 0.6) is 23.0 Å². The quantitative estimate of drug-likeness (QED) is 0.305. The molecule has 0 bridgehead atoms. The van der Waals surface area contributed by atoms with Crippen molar-refractivity contribution in [3.63, 3.8) is 0 Å². The molecule has 0 aliphatic rings. The molecule has 0 radical (unpaired) electrons. The maximum absolute atomic E-state index is 11.9. The van der Waals surface area contributed by atoms with E-state index in [0.29, 0.717) is 0 Å². The summed E-state index contributed by atoms with van der Waals surface area (Å²) < 4.78 is 10.3. The summed E-state index contributed by atoms with van der Waals surface area (Å²) in [7, 11) is 0. The number of phenolic OH excluding ortho intramolecular Hbond substituents is 3. The standard InChI is InChI=1S/C24H32O6/c1-7-24(6,14-15(2)16-8-10-18(25)19(26)12-16)17-9-11-21(20(27)13-17)29-22(28)30-23(3,4)5/h8-13,15,25-27H,7,14H2,1-6H3. The summed E-state index contributed by atoms with van der Waals surface area (Å²) in [6, 6.07) is 9.88. The topological polar surface area (TPSA) is 96.2 Å². The maximum atomic E-state index is 11.9. The van der Waals surface area contributed by atoms with E-state index >= 15 is 0 Å². The van der Waals surface area contributed by atoms with Gasteiger partial charge in [-0.25, -0.2) is 4.79 Å². The second kappa shape index (κ2) is 8.86. The molecule has 164 valence electrons. The van der Waals surface area contributed by atoms with Crippen LogP contribution in [0, 0.1) is 0 Å². The Labute approximate surface area is 178 Å². The van der Waals surface area contributed by atoms with E-state index in [9.17, 15) is 20.1 Å².